The van der Waals surface area contributed by atoms with Gasteiger partial charge in [0.2, 0.25) is 0 Å². The van der Waals surface area contributed by atoms with Gasteiger partial charge >= 0.3 is 11.9 Å². The molecule has 2 heterocycles. The van der Waals surface area contributed by atoms with Gasteiger partial charge in [0.1, 0.15) is 17.5 Å². The number of nitrogens with zero attached hydrogens (tertiary/aromatic N) is 2. The van der Waals surface area contributed by atoms with E-state index in [0.29, 0.717) is 30.8 Å². The van der Waals surface area contributed by atoms with Crippen molar-refractivity contribution >= 4 is 11.9 Å². The van der Waals surface area contributed by atoms with Crippen LogP contribution in [0.5, 0.6) is 0 Å². The van der Waals surface area contributed by atoms with E-state index >= 15 is 0 Å². The molecule has 0 unspecified atom stereocenters. The molecule has 6 nitrogen and oxygen atoms in total. The summed E-state index contributed by atoms with van der Waals surface area (Å²) in [5.74, 6) is -0.633. The van der Waals surface area contributed by atoms with E-state index in [1.807, 2.05) is 26.0 Å². The number of hydrogen-bond donors (Lipinski definition) is 0. The van der Waals surface area contributed by atoms with Crippen LogP contribution in [0.15, 0.2) is 36.7 Å². The highest BCUT2D eigenvalue weighted by molar-refractivity contribution is 5.87. The Hall–Kier alpha value is -2.76. The van der Waals surface area contributed by atoms with Gasteiger partial charge in [-0.15, -0.1) is 0 Å². The highest BCUT2D eigenvalue weighted by atomic mass is 16.5. The maximum absolute atomic E-state index is 12.0. The van der Waals surface area contributed by atoms with Crippen molar-refractivity contribution in [2.45, 2.75) is 32.8 Å². The van der Waals surface area contributed by atoms with Crippen molar-refractivity contribution in [1.82, 2.24) is 9.97 Å². The van der Waals surface area contributed by atoms with Crippen LogP contribution in [0.4, 0.5) is 0 Å². The zero-order valence-electron chi connectivity index (χ0n) is 14.3. The highest BCUT2D eigenvalue weighted by Gasteiger charge is 2.33. The molecule has 0 spiro atoms. The van der Waals surface area contributed by atoms with E-state index in [1.54, 1.807) is 24.5 Å². The zero-order chi connectivity index (χ0) is 17.8. The average molecular weight is 340 g/mol. The van der Waals surface area contributed by atoms with Crippen LogP contribution in [0.2, 0.25) is 0 Å². The predicted octanol–water partition coefficient (Wildman–Crippen LogP) is 2.89. The number of aromatic nitrogens is 2. The molecule has 1 aliphatic carbocycles. The summed E-state index contributed by atoms with van der Waals surface area (Å²) in [6, 6.07) is 6.95. The third-order valence-electron chi connectivity index (χ3n) is 4.16. The summed E-state index contributed by atoms with van der Waals surface area (Å²) in [4.78, 5) is 32.0. The summed E-state index contributed by atoms with van der Waals surface area (Å²) in [5.41, 5.74) is 2.60. The Morgan fingerprint density at radius 2 is 1.52 bits per heavy atom. The fraction of sp³-hybridized carbons (Fsp3) is 0.368. The Morgan fingerprint density at radius 3 is 2.04 bits per heavy atom. The fourth-order valence-corrected chi connectivity index (χ4v) is 2.56. The second-order valence-electron chi connectivity index (χ2n) is 6.40. The van der Waals surface area contributed by atoms with Gasteiger partial charge in [-0.1, -0.05) is 12.1 Å². The minimum absolute atomic E-state index is 0.142. The van der Waals surface area contributed by atoms with Gasteiger partial charge in [-0.3, -0.25) is 0 Å². The molecule has 1 saturated carbocycles. The van der Waals surface area contributed by atoms with Crippen LogP contribution in [-0.2, 0) is 9.47 Å². The average Bonchev–Trinajstić information content (AvgIpc) is 2.57. The number of hydrogen-bond acceptors (Lipinski definition) is 6. The van der Waals surface area contributed by atoms with Crippen LogP contribution >= 0.6 is 0 Å². The number of carbonyl (C=O) groups is 2. The lowest BCUT2D eigenvalue weighted by Crippen LogP contribution is -2.36. The number of carbonyl (C=O) groups excluding carboxylic acids is 2. The van der Waals surface area contributed by atoms with Crippen molar-refractivity contribution < 1.29 is 19.1 Å². The van der Waals surface area contributed by atoms with Gasteiger partial charge in [0.25, 0.3) is 0 Å². The van der Waals surface area contributed by atoms with Gasteiger partial charge in [0, 0.05) is 18.3 Å². The summed E-state index contributed by atoms with van der Waals surface area (Å²) in [6.45, 7) is 4.13. The predicted molar refractivity (Wildman–Crippen MR) is 90.2 cm³/mol. The third-order valence-corrected chi connectivity index (χ3v) is 4.16. The van der Waals surface area contributed by atoms with E-state index < -0.39 is 11.9 Å². The first kappa shape index (κ1) is 17.1. The first-order valence-corrected chi connectivity index (χ1v) is 8.24. The number of ether oxygens (including phenoxy) is 2. The molecule has 0 amide bonds. The smallest absolute Gasteiger partial charge is 0.357 e. The van der Waals surface area contributed by atoms with E-state index in [4.69, 9.17) is 9.47 Å². The number of pyridine rings is 2. The standard InChI is InChI=1S/C19H20N2O4/c1-12-3-5-16(20-9-12)18(22)24-11-14-7-15(8-14)25-19(23)17-6-4-13(2)10-21-17/h3-6,9-10,14-15H,7-8,11H2,1-2H3. The third kappa shape index (κ3) is 4.41. The Morgan fingerprint density at radius 1 is 0.960 bits per heavy atom. The maximum Gasteiger partial charge on any atom is 0.357 e. The zero-order valence-corrected chi connectivity index (χ0v) is 14.3. The summed E-state index contributed by atoms with van der Waals surface area (Å²) in [5, 5.41) is 0. The lowest BCUT2D eigenvalue weighted by Gasteiger charge is -2.33. The van der Waals surface area contributed by atoms with Crippen molar-refractivity contribution in [3.8, 4) is 0 Å². The molecule has 0 aromatic carbocycles. The minimum Gasteiger partial charge on any atom is -0.461 e. The van der Waals surface area contributed by atoms with Crippen LogP contribution in [0.1, 0.15) is 44.9 Å². The molecule has 1 aliphatic rings. The Labute approximate surface area is 146 Å². The van der Waals surface area contributed by atoms with Gasteiger partial charge in [-0.05, 0) is 49.9 Å². The Balaban J connectivity index is 1.39. The largest absolute Gasteiger partial charge is 0.461 e. The first-order valence-electron chi connectivity index (χ1n) is 8.24. The van der Waals surface area contributed by atoms with E-state index in [-0.39, 0.29) is 12.0 Å². The van der Waals surface area contributed by atoms with Crippen LogP contribution in [0, 0.1) is 19.8 Å². The van der Waals surface area contributed by atoms with Crippen molar-refractivity contribution in [1.29, 1.82) is 0 Å². The normalized spacial score (nSPS) is 19.0. The number of aryl methyl sites for hydroxylation is 2. The van der Waals surface area contributed by atoms with Crippen LogP contribution in [-0.4, -0.2) is 34.6 Å². The van der Waals surface area contributed by atoms with Gasteiger partial charge in [-0.2, -0.15) is 0 Å². The second-order valence-corrected chi connectivity index (χ2v) is 6.40. The molecule has 0 saturated heterocycles. The van der Waals surface area contributed by atoms with Gasteiger partial charge in [0.15, 0.2) is 0 Å². The van der Waals surface area contributed by atoms with Crippen LogP contribution < -0.4 is 0 Å². The van der Waals surface area contributed by atoms with Crippen LogP contribution in [0.25, 0.3) is 0 Å². The number of rotatable bonds is 5. The second kappa shape index (κ2) is 7.42. The first-order chi connectivity index (χ1) is 12.0. The molecule has 0 atom stereocenters. The molecular formula is C19H20N2O4. The molecule has 130 valence electrons. The molecular weight excluding hydrogens is 320 g/mol. The summed E-state index contributed by atoms with van der Waals surface area (Å²) in [7, 11) is 0. The Kier molecular flexibility index (Phi) is 5.07. The summed E-state index contributed by atoms with van der Waals surface area (Å²) < 4.78 is 10.7. The molecule has 0 N–H and O–H groups in total. The summed E-state index contributed by atoms with van der Waals surface area (Å²) >= 11 is 0. The number of esters is 2. The topological polar surface area (TPSA) is 78.4 Å². The SMILES string of the molecule is Cc1ccc(C(=O)OCC2CC(OC(=O)c3ccc(C)cn3)C2)nc1. The van der Waals surface area contributed by atoms with Gasteiger partial charge in [0.05, 0.1) is 6.61 Å². The molecule has 2 aromatic heterocycles. The van der Waals surface area contributed by atoms with Crippen molar-refractivity contribution in [2.75, 3.05) is 6.61 Å². The molecule has 6 heteroatoms. The van der Waals surface area contributed by atoms with Crippen molar-refractivity contribution in [3.63, 3.8) is 0 Å². The quantitative estimate of drug-likeness (QED) is 0.779. The molecule has 0 aliphatic heterocycles. The van der Waals surface area contributed by atoms with Gasteiger partial charge in [-0.25, -0.2) is 19.6 Å². The lowest BCUT2D eigenvalue weighted by molar-refractivity contribution is -0.0296. The molecule has 25 heavy (non-hydrogen) atoms. The van der Waals surface area contributed by atoms with E-state index in [1.165, 1.54) is 0 Å². The van der Waals surface area contributed by atoms with E-state index in [9.17, 15) is 9.59 Å². The van der Waals surface area contributed by atoms with E-state index in [0.717, 1.165) is 11.1 Å². The van der Waals surface area contributed by atoms with Crippen molar-refractivity contribution in [3.05, 3.63) is 59.2 Å². The fourth-order valence-electron chi connectivity index (χ4n) is 2.56. The van der Waals surface area contributed by atoms with E-state index in [2.05, 4.69) is 9.97 Å². The summed E-state index contributed by atoms with van der Waals surface area (Å²) in [6.07, 6.45) is 4.50. The molecule has 0 bridgehead atoms. The van der Waals surface area contributed by atoms with Crippen LogP contribution in [0.3, 0.4) is 0 Å². The monoisotopic (exact) mass is 340 g/mol. The highest BCUT2D eigenvalue weighted by Crippen LogP contribution is 2.31. The minimum atomic E-state index is -0.427. The van der Waals surface area contributed by atoms with Crippen molar-refractivity contribution in [2.24, 2.45) is 5.92 Å². The van der Waals surface area contributed by atoms with Gasteiger partial charge < -0.3 is 9.47 Å². The molecule has 3 rings (SSSR count). The lowest BCUT2D eigenvalue weighted by atomic mass is 9.83. The Bertz CT molecular complexity index is 750. The molecule has 2 aromatic rings. The molecule has 0 radical (unpaired) electrons. The molecule has 1 fully saturated rings. The maximum atomic E-state index is 12.0.